The summed E-state index contributed by atoms with van der Waals surface area (Å²) in [5.74, 6) is -0.0824. The Balaban J connectivity index is 1.84. The van der Waals surface area contributed by atoms with Crippen molar-refractivity contribution in [3.8, 4) is 0 Å². The number of aromatic nitrogens is 2. The maximum absolute atomic E-state index is 11.8. The molecule has 0 amide bonds. The van der Waals surface area contributed by atoms with Crippen molar-refractivity contribution < 1.29 is 12.9 Å². The minimum absolute atomic E-state index is 0.0824. The standard InChI is InChI=1S/C10H13N3O3S2/c1-8-13-10(6-17-8)7-18(14,15)12-3-2-9-4-11-16-5-9/h4-6,12H,2-3,7H2,1H3. The minimum Gasteiger partial charge on any atom is -0.364 e. The van der Waals surface area contributed by atoms with Crippen molar-refractivity contribution >= 4 is 21.4 Å². The molecule has 0 saturated heterocycles. The summed E-state index contributed by atoms with van der Waals surface area (Å²) in [5, 5.41) is 6.17. The summed E-state index contributed by atoms with van der Waals surface area (Å²) in [5.41, 5.74) is 1.44. The third-order valence-corrected chi connectivity index (χ3v) is 4.37. The van der Waals surface area contributed by atoms with Gasteiger partial charge in [-0.05, 0) is 13.3 Å². The number of aryl methyl sites for hydroxylation is 1. The second kappa shape index (κ2) is 5.59. The van der Waals surface area contributed by atoms with Crippen molar-refractivity contribution in [1.82, 2.24) is 14.9 Å². The average molecular weight is 287 g/mol. The first-order valence-corrected chi connectivity index (χ1v) is 7.85. The van der Waals surface area contributed by atoms with Gasteiger partial charge in [-0.1, -0.05) is 5.16 Å². The van der Waals surface area contributed by atoms with E-state index in [1.165, 1.54) is 17.6 Å². The number of sulfonamides is 1. The fraction of sp³-hybridized carbons (Fsp3) is 0.400. The number of hydrogen-bond acceptors (Lipinski definition) is 6. The Morgan fingerprint density at radius 2 is 2.33 bits per heavy atom. The van der Waals surface area contributed by atoms with E-state index in [9.17, 15) is 8.42 Å². The van der Waals surface area contributed by atoms with Crippen LogP contribution in [-0.4, -0.2) is 25.1 Å². The summed E-state index contributed by atoms with van der Waals surface area (Å²) in [7, 11) is -3.33. The number of hydrogen-bond donors (Lipinski definition) is 1. The summed E-state index contributed by atoms with van der Waals surface area (Å²) in [6.45, 7) is 2.17. The molecule has 2 aromatic rings. The maximum Gasteiger partial charge on any atom is 0.217 e. The van der Waals surface area contributed by atoms with Crippen molar-refractivity contribution in [2.45, 2.75) is 19.1 Å². The summed E-state index contributed by atoms with van der Waals surface area (Å²) < 4.78 is 30.7. The Morgan fingerprint density at radius 3 is 2.94 bits per heavy atom. The van der Waals surface area contributed by atoms with Crippen LogP contribution in [0.15, 0.2) is 22.4 Å². The minimum atomic E-state index is -3.33. The van der Waals surface area contributed by atoms with E-state index < -0.39 is 10.0 Å². The molecular formula is C10H13N3O3S2. The summed E-state index contributed by atoms with van der Waals surface area (Å²) >= 11 is 1.44. The average Bonchev–Trinajstić information content (AvgIpc) is 2.89. The van der Waals surface area contributed by atoms with E-state index in [-0.39, 0.29) is 5.75 Å². The molecule has 0 fully saturated rings. The Hall–Kier alpha value is -1.25. The quantitative estimate of drug-likeness (QED) is 0.860. The van der Waals surface area contributed by atoms with Gasteiger partial charge in [-0.15, -0.1) is 11.3 Å². The van der Waals surface area contributed by atoms with Crippen LogP contribution >= 0.6 is 11.3 Å². The zero-order valence-corrected chi connectivity index (χ0v) is 11.4. The van der Waals surface area contributed by atoms with Gasteiger partial charge in [0.1, 0.15) is 12.0 Å². The van der Waals surface area contributed by atoms with Gasteiger partial charge in [-0.2, -0.15) is 0 Å². The van der Waals surface area contributed by atoms with Gasteiger partial charge in [0.15, 0.2) is 0 Å². The molecule has 1 N–H and O–H groups in total. The van der Waals surface area contributed by atoms with Crippen LogP contribution in [-0.2, 0) is 22.2 Å². The molecule has 0 aliphatic rings. The number of thiazole rings is 1. The second-order valence-corrected chi connectivity index (χ2v) is 6.66. The first kappa shape index (κ1) is 13.2. The molecule has 0 atom stereocenters. The van der Waals surface area contributed by atoms with E-state index in [1.807, 2.05) is 6.92 Å². The molecule has 18 heavy (non-hydrogen) atoms. The third-order valence-electron chi connectivity index (χ3n) is 2.22. The highest BCUT2D eigenvalue weighted by Crippen LogP contribution is 2.10. The van der Waals surface area contributed by atoms with Gasteiger partial charge < -0.3 is 4.52 Å². The molecule has 0 radical (unpaired) electrons. The van der Waals surface area contributed by atoms with E-state index >= 15 is 0 Å². The summed E-state index contributed by atoms with van der Waals surface area (Å²) in [6, 6.07) is 0. The molecular weight excluding hydrogens is 274 g/mol. The number of rotatable bonds is 6. The van der Waals surface area contributed by atoms with Crippen molar-refractivity contribution in [2.75, 3.05) is 6.54 Å². The van der Waals surface area contributed by atoms with Gasteiger partial charge in [0.2, 0.25) is 10.0 Å². The normalized spacial score (nSPS) is 11.8. The van der Waals surface area contributed by atoms with Crippen molar-refractivity contribution in [3.05, 3.63) is 34.1 Å². The lowest BCUT2D eigenvalue weighted by Gasteiger charge is -2.03. The Kier molecular flexibility index (Phi) is 4.10. The first-order valence-electron chi connectivity index (χ1n) is 5.32. The molecule has 0 saturated carbocycles. The predicted molar refractivity (Wildman–Crippen MR) is 67.7 cm³/mol. The van der Waals surface area contributed by atoms with Crippen LogP contribution in [0, 0.1) is 6.92 Å². The fourth-order valence-electron chi connectivity index (χ4n) is 1.42. The zero-order chi connectivity index (χ0) is 13.0. The molecule has 0 aromatic carbocycles. The highest BCUT2D eigenvalue weighted by atomic mass is 32.2. The lowest BCUT2D eigenvalue weighted by atomic mass is 10.3. The van der Waals surface area contributed by atoms with E-state index in [2.05, 4.69) is 19.4 Å². The first-order chi connectivity index (χ1) is 8.55. The van der Waals surface area contributed by atoms with Gasteiger partial charge in [0.25, 0.3) is 0 Å². The monoisotopic (exact) mass is 287 g/mol. The fourth-order valence-corrected chi connectivity index (χ4v) is 3.19. The Labute approximate surface area is 109 Å². The lowest BCUT2D eigenvalue weighted by molar-refractivity contribution is 0.419. The van der Waals surface area contributed by atoms with Gasteiger partial charge in [0.05, 0.1) is 16.9 Å². The van der Waals surface area contributed by atoms with Crippen molar-refractivity contribution in [1.29, 1.82) is 0 Å². The molecule has 0 unspecified atom stereocenters. The third kappa shape index (κ3) is 3.90. The van der Waals surface area contributed by atoms with Crippen LogP contribution in [0.2, 0.25) is 0 Å². The van der Waals surface area contributed by atoms with Crippen LogP contribution in [0.3, 0.4) is 0 Å². The zero-order valence-electron chi connectivity index (χ0n) is 9.79. The van der Waals surface area contributed by atoms with Crippen LogP contribution in [0.4, 0.5) is 0 Å². The van der Waals surface area contributed by atoms with E-state index in [4.69, 9.17) is 0 Å². The topological polar surface area (TPSA) is 85.1 Å². The van der Waals surface area contributed by atoms with Gasteiger partial charge >= 0.3 is 0 Å². The van der Waals surface area contributed by atoms with Crippen molar-refractivity contribution in [3.63, 3.8) is 0 Å². The molecule has 0 bridgehead atoms. The lowest BCUT2D eigenvalue weighted by Crippen LogP contribution is -2.27. The van der Waals surface area contributed by atoms with E-state index in [0.717, 1.165) is 10.6 Å². The summed E-state index contributed by atoms with van der Waals surface area (Å²) in [4.78, 5) is 4.13. The van der Waals surface area contributed by atoms with E-state index in [0.29, 0.717) is 18.7 Å². The molecule has 0 aliphatic heterocycles. The van der Waals surface area contributed by atoms with Gasteiger partial charge in [-0.3, -0.25) is 0 Å². The molecule has 8 heteroatoms. The highest BCUT2D eigenvalue weighted by molar-refractivity contribution is 7.88. The van der Waals surface area contributed by atoms with Crippen molar-refractivity contribution in [2.24, 2.45) is 0 Å². The van der Waals surface area contributed by atoms with Crippen LogP contribution in [0.5, 0.6) is 0 Å². The largest absolute Gasteiger partial charge is 0.364 e. The molecule has 2 rings (SSSR count). The van der Waals surface area contributed by atoms with Gasteiger partial charge in [0, 0.05) is 17.5 Å². The highest BCUT2D eigenvalue weighted by Gasteiger charge is 2.13. The van der Waals surface area contributed by atoms with E-state index in [1.54, 1.807) is 11.6 Å². The molecule has 6 nitrogen and oxygen atoms in total. The molecule has 2 heterocycles. The number of nitrogens with one attached hydrogen (secondary N) is 1. The number of nitrogens with zero attached hydrogens (tertiary/aromatic N) is 2. The SMILES string of the molecule is Cc1nc(CS(=O)(=O)NCCc2cnoc2)cs1. The van der Waals surface area contributed by atoms with Crippen LogP contribution in [0.25, 0.3) is 0 Å². The summed E-state index contributed by atoms with van der Waals surface area (Å²) in [6.07, 6.45) is 3.62. The molecule has 98 valence electrons. The predicted octanol–water partition coefficient (Wildman–Crippen LogP) is 1.10. The Morgan fingerprint density at radius 1 is 1.50 bits per heavy atom. The van der Waals surface area contributed by atoms with Gasteiger partial charge in [-0.25, -0.2) is 18.1 Å². The maximum atomic E-state index is 11.8. The molecule has 0 aliphatic carbocycles. The Bertz CT molecular complexity index is 590. The second-order valence-electron chi connectivity index (χ2n) is 3.79. The molecule has 2 aromatic heterocycles. The smallest absolute Gasteiger partial charge is 0.217 e. The van der Waals surface area contributed by atoms with Crippen LogP contribution < -0.4 is 4.72 Å². The molecule has 0 spiro atoms. The van der Waals surface area contributed by atoms with Crippen LogP contribution in [0.1, 0.15) is 16.3 Å².